The Bertz CT molecular complexity index is 995. The van der Waals surface area contributed by atoms with Gasteiger partial charge in [0.1, 0.15) is 6.10 Å². The molecule has 1 aliphatic carbocycles. The largest absolute Gasteiger partial charge is 0.488 e. The third-order valence-electron chi connectivity index (χ3n) is 6.69. The van der Waals surface area contributed by atoms with E-state index in [1.807, 2.05) is 38.1 Å². The summed E-state index contributed by atoms with van der Waals surface area (Å²) in [7, 11) is 0. The number of aryl methyl sites for hydroxylation is 2. The van der Waals surface area contributed by atoms with Crippen LogP contribution in [0, 0.1) is 18.8 Å². The van der Waals surface area contributed by atoms with Gasteiger partial charge in [0.25, 0.3) is 0 Å². The van der Waals surface area contributed by atoms with Gasteiger partial charge in [-0.25, -0.2) is 0 Å². The number of allylic oxidation sites excluding steroid dienone is 2. The average molecular weight is 461 g/mol. The van der Waals surface area contributed by atoms with Crippen molar-refractivity contribution in [1.82, 2.24) is 20.6 Å². The molecule has 6 atom stereocenters. The Balaban J connectivity index is 1.41. The Hall–Kier alpha value is -2.65. The van der Waals surface area contributed by atoms with Crippen molar-refractivity contribution >= 4 is 0 Å². The predicted octanol–water partition coefficient (Wildman–Crippen LogP) is 3.47. The molecule has 1 saturated carbocycles. The van der Waals surface area contributed by atoms with E-state index < -0.39 is 36.1 Å². The fourth-order valence-corrected chi connectivity index (χ4v) is 4.80. The maximum atomic E-state index is 15.2. The van der Waals surface area contributed by atoms with Crippen LogP contribution in [0.5, 0.6) is 0 Å². The van der Waals surface area contributed by atoms with Crippen LogP contribution in [0.1, 0.15) is 49.1 Å². The van der Waals surface area contributed by atoms with Gasteiger partial charge in [0.15, 0.2) is 11.6 Å². The van der Waals surface area contributed by atoms with Crippen molar-refractivity contribution < 1.29 is 23.7 Å². The Labute approximate surface area is 191 Å². The molecule has 1 aromatic heterocycles. The smallest absolute Gasteiger partial charge is 0.310 e. The molecule has 1 saturated heterocycles. The standard InChI is InChI=1S/C24H30F2N4O3/c1-14-6-5-7-16(12-14)15(2)18(31)11-10-17-19(32)13-20-23(17)24(25,26)21(33-20)8-3-4-9-22-27-29-30-28-22/h5-8,10-12,15,17-20,23,31-32H,3-4,9,13H2,1-2H3,(H,27,28,29,30)/b11-10-,21-8?/t15-,17-,18+,19+,20-,23+/m0/s1. The first-order chi connectivity index (χ1) is 15.8. The number of hydrogen-bond acceptors (Lipinski definition) is 6. The fraction of sp³-hybridized carbons (Fsp3) is 0.542. The second-order valence-electron chi connectivity index (χ2n) is 9.05. The number of aliphatic hydroxyl groups is 2. The monoisotopic (exact) mass is 460 g/mol. The first kappa shape index (κ1) is 23.5. The molecule has 1 aromatic carbocycles. The molecule has 0 radical (unpaired) electrons. The van der Waals surface area contributed by atoms with Crippen LogP contribution in [-0.2, 0) is 11.2 Å². The number of nitrogens with zero attached hydrogens (tertiary/aromatic N) is 3. The minimum Gasteiger partial charge on any atom is -0.488 e. The number of alkyl halides is 2. The van der Waals surface area contributed by atoms with Crippen molar-refractivity contribution in [3.63, 3.8) is 0 Å². The highest BCUT2D eigenvalue weighted by atomic mass is 19.3. The van der Waals surface area contributed by atoms with Gasteiger partial charge in [-0.2, -0.15) is 14.0 Å². The van der Waals surface area contributed by atoms with Crippen LogP contribution in [0.3, 0.4) is 0 Å². The molecule has 0 spiro atoms. The van der Waals surface area contributed by atoms with Crippen LogP contribution >= 0.6 is 0 Å². The summed E-state index contributed by atoms with van der Waals surface area (Å²) in [5.41, 5.74) is 2.06. The van der Waals surface area contributed by atoms with E-state index in [2.05, 4.69) is 20.6 Å². The Morgan fingerprint density at radius 2 is 2.18 bits per heavy atom. The molecule has 2 heterocycles. The number of nitrogens with one attached hydrogen (secondary N) is 1. The first-order valence-corrected chi connectivity index (χ1v) is 11.4. The minimum absolute atomic E-state index is 0.138. The van der Waals surface area contributed by atoms with Gasteiger partial charge in [-0.15, -0.1) is 10.2 Å². The van der Waals surface area contributed by atoms with E-state index in [1.54, 1.807) is 6.08 Å². The number of fused-ring (bicyclic) bond motifs is 1. The van der Waals surface area contributed by atoms with E-state index >= 15 is 8.78 Å². The van der Waals surface area contributed by atoms with Gasteiger partial charge in [-0.05, 0) is 31.4 Å². The Morgan fingerprint density at radius 3 is 2.91 bits per heavy atom. The van der Waals surface area contributed by atoms with E-state index in [-0.39, 0.29) is 18.1 Å². The molecule has 33 heavy (non-hydrogen) atoms. The lowest BCUT2D eigenvalue weighted by atomic mass is 9.86. The van der Waals surface area contributed by atoms with Crippen LogP contribution in [-0.4, -0.2) is 55.1 Å². The normalized spacial score (nSPS) is 29.3. The SMILES string of the molecule is Cc1cccc([C@H](C)[C@H](O)/C=C\[C@@H]2[C@@H]3[C@H](C[C@H]2O)OC(=CCCCc2nn[nH]n2)C3(F)F)c1. The molecular weight excluding hydrogens is 430 g/mol. The van der Waals surface area contributed by atoms with Gasteiger partial charge >= 0.3 is 5.92 Å². The van der Waals surface area contributed by atoms with Crippen molar-refractivity contribution in [2.24, 2.45) is 11.8 Å². The number of hydrogen-bond donors (Lipinski definition) is 3. The summed E-state index contributed by atoms with van der Waals surface area (Å²) in [5.74, 6) is -5.13. The van der Waals surface area contributed by atoms with Gasteiger partial charge in [0.05, 0.1) is 18.1 Å². The van der Waals surface area contributed by atoms with E-state index in [9.17, 15) is 10.2 Å². The summed E-state index contributed by atoms with van der Waals surface area (Å²) in [5, 5.41) is 34.6. The number of aromatic nitrogens is 4. The van der Waals surface area contributed by atoms with Crippen LogP contribution in [0.15, 0.2) is 48.3 Å². The zero-order valence-electron chi connectivity index (χ0n) is 18.7. The number of halogens is 2. The molecule has 0 amide bonds. The molecule has 2 aromatic rings. The van der Waals surface area contributed by atoms with E-state index in [1.165, 1.54) is 12.2 Å². The fourth-order valence-electron chi connectivity index (χ4n) is 4.80. The third-order valence-corrected chi connectivity index (χ3v) is 6.69. The van der Waals surface area contributed by atoms with E-state index in [4.69, 9.17) is 4.74 Å². The third kappa shape index (κ3) is 4.99. The molecule has 3 N–H and O–H groups in total. The number of aromatic amines is 1. The Kier molecular flexibility index (Phi) is 6.90. The number of unbranched alkanes of at least 4 members (excludes halogenated alkanes) is 1. The van der Waals surface area contributed by atoms with Crippen molar-refractivity contribution in [3.8, 4) is 0 Å². The summed E-state index contributed by atoms with van der Waals surface area (Å²) < 4.78 is 36.1. The second-order valence-corrected chi connectivity index (χ2v) is 9.05. The van der Waals surface area contributed by atoms with Crippen molar-refractivity contribution in [1.29, 1.82) is 0 Å². The van der Waals surface area contributed by atoms with Gasteiger partial charge in [-0.1, -0.05) is 54.1 Å². The zero-order chi connectivity index (χ0) is 23.6. The van der Waals surface area contributed by atoms with Crippen LogP contribution in [0.4, 0.5) is 8.78 Å². The molecule has 178 valence electrons. The first-order valence-electron chi connectivity index (χ1n) is 11.4. The molecule has 2 aliphatic rings. The molecule has 0 unspecified atom stereocenters. The van der Waals surface area contributed by atoms with Gasteiger partial charge in [-0.3, -0.25) is 0 Å². The molecule has 7 nitrogen and oxygen atoms in total. The average Bonchev–Trinajstić information content (AvgIpc) is 3.46. The lowest BCUT2D eigenvalue weighted by Crippen LogP contribution is -2.33. The highest BCUT2D eigenvalue weighted by Gasteiger charge is 2.63. The number of benzene rings is 1. The molecule has 2 fully saturated rings. The molecule has 4 rings (SSSR count). The summed E-state index contributed by atoms with van der Waals surface area (Å²) in [6, 6.07) is 7.84. The number of ether oxygens (including phenoxy) is 1. The van der Waals surface area contributed by atoms with E-state index in [0.29, 0.717) is 25.1 Å². The molecule has 1 aliphatic heterocycles. The summed E-state index contributed by atoms with van der Waals surface area (Å²) in [4.78, 5) is 0. The van der Waals surface area contributed by atoms with E-state index in [0.717, 1.165) is 11.1 Å². The maximum absolute atomic E-state index is 15.2. The predicted molar refractivity (Wildman–Crippen MR) is 117 cm³/mol. The lowest BCUT2D eigenvalue weighted by molar-refractivity contribution is -0.0273. The number of aliphatic hydroxyl groups excluding tert-OH is 2. The summed E-state index contributed by atoms with van der Waals surface area (Å²) >= 11 is 0. The number of tetrazole rings is 1. The quantitative estimate of drug-likeness (QED) is 0.412. The topological polar surface area (TPSA) is 104 Å². The molecule has 9 heteroatoms. The number of rotatable bonds is 8. The highest BCUT2D eigenvalue weighted by Crippen LogP contribution is 2.54. The number of H-pyrrole nitrogens is 1. The highest BCUT2D eigenvalue weighted by molar-refractivity contribution is 5.27. The Morgan fingerprint density at radius 1 is 1.36 bits per heavy atom. The van der Waals surface area contributed by atoms with Crippen LogP contribution < -0.4 is 0 Å². The van der Waals surface area contributed by atoms with Crippen LogP contribution in [0.25, 0.3) is 0 Å². The minimum atomic E-state index is -3.18. The summed E-state index contributed by atoms with van der Waals surface area (Å²) in [6.45, 7) is 3.87. The molecule has 0 bridgehead atoms. The van der Waals surface area contributed by atoms with Crippen LogP contribution in [0.2, 0.25) is 0 Å². The van der Waals surface area contributed by atoms with Crippen molar-refractivity contribution in [2.75, 3.05) is 0 Å². The molecular formula is C24H30F2N4O3. The summed E-state index contributed by atoms with van der Waals surface area (Å²) in [6.07, 6.45) is 3.62. The van der Waals surface area contributed by atoms with Gasteiger partial charge < -0.3 is 14.9 Å². The van der Waals surface area contributed by atoms with Crippen molar-refractivity contribution in [2.45, 2.75) is 69.7 Å². The van der Waals surface area contributed by atoms with Crippen molar-refractivity contribution in [3.05, 3.63) is 65.2 Å². The zero-order valence-corrected chi connectivity index (χ0v) is 18.7. The lowest BCUT2D eigenvalue weighted by Gasteiger charge is -2.23. The van der Waals surface area contributed by atoms with Gasteiger partial charge in [0.2, 0.25) is 0 Å². The maximum Gasteiger partial charge on any atom is 0.310 e. The second kappa shape index (κ2) is 9.69. The van der Waals surface area contributed by atoms with Gasteiger partial charge in [0, 0.05) is 24.7 Å².